The Labute approximate surface area is 173 Å². The lowest BCUT2D eigenvalue weighted by Crippen LogP contribution is -2.34. The van der Waals surface area contributed by atoms with Gasteiger partial charge in [0.15, 0.2) is 5.69 Å². The summed E-state index contributed by atoms with van der Waals surface area (Å²) in [6, 6.07) is 20.9. The van der Waals surface area contributed by atoms with Crippen LogP contribution in [0, 0.1) is 0 Å². The van der Waals surface area contributed by atoms with Gasteiger partial charge in [-0.25, -0.2) is 9.48 Å². The summed E-state index contributed by atoms with van der Waals surface area (Å²) in [6.45, 7) is 0.227. The zero-order chi connectivity index (χ0) is 20.9. The standard InChI is InChI=1S/C23H21N3O4/c27-20-14-13-19(25-26(20)15-16-7-3-1-4-8-16)23(29)30-21(17-9-5-2-6-10-17)22(28)24-18-11-12-18/h1-10,13-14,18,21H,11-12,15H2,(H,24,28). The molecular weight excluding hydrogens is 382 g/mol. The van der Waals surface area contributed by atoms with Crippen LogP contribution >= 0.6 is 0 Å². The van der Waals surface area contributed by atoms with E-state index in [1.807, 2.05) is 36.4 Å². The number of esters is 1. The summed E-state index contributed by atoms with van der Waals surface area (Å²) in [7, 11) is 0. The second kappa shape index (κ2) is 8.73. The smallest absolute Gasteiger partial charge is 0.359 e. The molecule has 1 heterocycles. The van der Waals surface area contributed by atoms with E-state index in [0.29, 0.717) is 5.56 Å². The molecule has 7 heteroatoms. The van der Waals surface area contributed by atoms with Gasteiger partial charge in [0.1, 0.15) is 0 Å². The first kappa shape index (κ1) is 19.6. The molecule has 1 aliphatic carbocycles. The van der Waals surface area contributed by atoms with Gasteiger partial charge in [0.25, 0.3) is 11.5 Å². The van der Waals surface area contributed by atoms with Crippen LogP contribution in [0.2, 0.25) is 0 Å². The second-order valence-corrected chi connectivity index (χ2v) is 7.18. The topological polar surface area (TPSA) is 90.3 Å². The van der Waals surface area contributed by atoms with E-state index in [2.05, 4.69) is 10.4 Å². The minimum atomic E-state index is -1.09. The quantitative estimate of drug-likeness (QED) is 0.612. The number of hydrogen-bond acceptors (Lipinski definition) is 5. The zero-order valence-corrected chi connectivity index (χ0v) is 16.2. The van der Waals surface area contributed by atoms with Gasteiger partial charge in [-0.3, -0.25) is 9.59 Å². The third kappa shape index (κ3) is 4.81. The Bertz CT molecular complexity index is 1090. The van der Waals surface area contributed by atoms with Gasteiger partial charge in [-0.2, -0.15) is 5.10 Å². The maximum atomic E-state index is 12.8. The molecule has 4 rings (SSSR count). The van der Waals surface area contributed by atoms with E-state index in [4.69, 9.17) is 4.74 Å². The molecule has 0 bridgehead atoms. The van der Waals surface area contributed by atoms with Crippen molar-refractivity contribution in [3.05, 3.63) is 100.0 Å². The first-order valence-corrected chi connectivity index (χ1v) is 9.78. The van der Waals surface area contributed by atoms with Crippen LogP contribution in [0.25, 0.3) is 0 Å². The Morgan fingerprint density at radius 1 is 1.00 bits per heavy atom. The molecule has 1 saturated carbocycles. The Kier molecular flexibility index (Phi) is 5.70. The van der Waals surface area contributed by atoms with Crippen molar-refractivity contribution in [3.63, 3.8) is 0 Å². The number of nitrogens with zero attached hydrogens (tertiary/aromatic N) is 2. The van der Waals surface area contributed by atoms with Crippen LogP contribution in [-0.2, 0) is 16.1 Å². The zero-order valence-electron chi connectivity index (χ0n) is 16.2. The number of benzene rings is 2. The van der Waals surface area contributed by atoms with Crippen LogP contribution in [0.4, 0.5) is 0 Å². The summed E-state index contributed by atoms with van der Waals surface area (Å²) in [5.74, 6) is -1.13. The maximum Gasteiger partial charge on any atom is 0.359 e. The fourth-order valence-corrected chi connectivity index (χ4v) is 3.00. The molecule has 7 nitrogen and oxygen atoms in total. The fourth-order valence-electron chi connectivity index (χ4n) is 3.00. The molecule has 1 amide bonds. The molecule has 1 unspecified atom stereocenters. The van der Waals surface area contributed by atoms with Gasteiger partial charge in [0.05, 0.1) is 6.54 Å². The van der Waals surface area contributed by atoms with Gasteiger partial charge in [-0.15, -0.1) is 0 Å². The first-order chi connectivity index (χ1) is 14.6. The van der Waals surface area contributed by atoms with E-state index in [0.717, 1.165) is 18.4 Å². The molecule has 3 aromatic rings. The number of aromatic nitrogens is 2. The highest BCUT2D eigenvalue weighted by molar-refractivity contribution is 5.91. The summed E-state index contributed by atoms with van der Waals surface area (Å²) in [4.78, 5) is 37.6. The first-order valence-electron chi connectivity index (χ1n) is 9.78. The van der Waals surface area contributed by atoms with Crippen molar-refractivity contribution < 1.29 is 14.3 Å². The number of ether oxygens (including phenoxy) is 1. The molecule has 2 aromatic carbocycles. The highest BCUT2D eigenvalue weighted by Gasteiger charge is 2.31. The van der Waals surface area contributed by atoms with Gasteiger partial charge in [0, 0.05) is 17.7 Å². The molecule has 1 fully saturated rings. The molecule has 30 heavy (non-hydrogen) atoms. The van der Waals surface area contributed by atoms with E-state index in [-0.39, 0.29) is 29.7 Å². The van der Waals surface area contributed by atoms with Crippen LogP contribution in [0.3, 0.4) is 0 Å². The molecule has 1 atom stereocenters. The number of nitrogens with one attached hydrogen (secondary N) is 1. The number of hydrogen-bond donors (Lipinski definition) is 1. The van der Waals surface area contributed by atoms with Gasteiger partial charge in [0.2, 0.25) is 6.10 Å². The molecule has 0 radical (unpaired) electrons. The molecule has 0 spiro atoms. The molecule has 1 aliphatic rings. The maximum absolute atomic E-state index is 12.8. The monoisotopic (exact) mass is 403 g/mol. The van der Waals surface area contributed by atoms with E-state index in [9.17, 15) is 14.4 Å². The number of carbonyl (C=O) groups is 2. The van der Waals surface area contributed by atoms with Crippen molar-refractivity contribution in [3.8, 4) is 0 Å². The van der Waals surface area contributed by atoms with Gasteiger partial charge in [-0.1, -0.05) is 60.7 Å². The molecule has 0 aliphatic heterocycles. The predicted octanol–water partition coefficient (Wildman–Crippen LogP) is 2.47. The fraction of sp³-hybridized carbons (Fsp3) is 0.217. The summed E-state index contributed by atoms with van der Waals surface area (Å²) >= 11 is 0. The lowest BCUT2D eigenvalue weighted by Gasteiger charge is -2.18. The van der Waals surface area contributed by atoms with E-state index >= 15 is 0 Å². The van der Waals surface area contributed by atoms with Crippen molar-refractivity contribution in [1.82, 2.24) is 15.1 Å². The van der Waals surface area contributed by atoms with Gasteiger partial charge in [-0.05, 0) is 24.5 Å². The van der Waals surface area contributed by atoms with Crippen LogP contribution in [0.5, 0.6) is 0 Å². The van der Waals surface area contributed by atoms with Crippen LogP contribution in [0.1, 0.15) is 40.6 Å². The lowest BCUT2D eigenvalue weighted by atomic mass is 10.1. The van der Waals surface area contributed by atoms with Crippen molar-refractivity contribution in [1.29, 1.82) is 0 Å². The van der Waals surface area contributed by atoms with Crippen LogP contribution in [-0.4, -0.2) is 27.7 Å². The van der Waals surface area contributed by atoms with Crippen molar-refractivity contribution in [2.24, 2.45) is 0 Å². The number of amides is 1. The van der Waals surface area contributed by atoms with Crippen molar-refractivity contribution in [2.75, 3.05) is 0 Å². The Balaban J connectivity index is 1.55. The van der Waals surface area contributed by atoms with Crippen molar-refractivity contribution in [2.45, 2.75) is 31.5 Å². The second-order valence-electron chi connectivity index (χ2n) is 7.18. The summed E-state index contributed by atoms with van der Waals surface area (Å²) in [5, 5.41) is 7.02. The highest BCUT2D eigenvalue weighted by atomic mass is 16.5. The summed E-state index contributed by atoms with van der Waals surface area (Å²) < 4.78 is 6.73. The largest absolute Gasteiger partial charge is 0.443 e. The highest BCUT2D eigenvalue weighted by Crippen LogP contribution is 2.23. The Morgan fingerprint density at radius 3 is 2.33 bits per heavy atom. The van der Waals surface area contributed by atoms with E-state index < -0.39 is 12.1 Å². The summed E-state index contributed by atoms with van der Waals surface area (Å²) in [6.07, 6.45) is 0.760. The van der Waals surface area contributed by atoms with Crippen LogP contribution in [0.15, 0.2) is 77.6 Å². The Morgan fingerprint density at radius 2 is 1.67 bits per heavy atom. The summed E-state index contributed by atoms with van der Waals surface area (Å²) in [5.41, 5.74) is 1.08. The SMILES string of the molecule is O=C(OC(C(=O)NC1CC1)c1ccccc1)c1ccc(=O)n(Cc2ccccc2)n1. The average molecular weight is 403 g/mol. The molecule has 1 aromatic heterocycles. The van der Waals surface area contributed by atoms with Crippen molar-refractivity contribution >= 4 is 11.9 Å². The minimum Gasteiger partial charge on any atom is -0.443 e. The lowest BCUT2D eigenvalue weighted by molar-refractivity contribution is -0.130. The average Bonchev–Trinajstić information content (AvgIpc) is 3.58. The minimum absolute atomic E-state index is 0.0364. The third-order valence-electron chi connectivity index (χ3n) is 4.74. The number of carbonyl (C=O) groups excluding carboxylic acids is 2. The number of rotatable bonds is 7. The van der Waals surface area contributed by atoms with Gasteiger partial charge >= 0.3 is 5.97 Å². The van der Waals surface area contributed by atoms with Gasteiger partial charge < -0.3 is 10.1 Å². The normalized spacial score (nSPS) is 14.0. The third-order valence-corrected chi connectivity index (χ3v) is 4.74. The molecule has 152 valence electrons. The van der Waals surface area contributed by atoms with Crippen LogP contribution < -0.4 is 10.9 Å². The molecule has 1 N–H and O–H groups in total. The Hall–Kier alpha value is -3.74. The van der Waals surface area contributed by atoms with E-state index in [1.54, 1.807) is 24.3 Å². The van der Waals surface area contributed by atoms with E-state index in [1.165, 1.54) is 16.8 Å². The predicted molar refractivity (Wildman–Crippen MR) is 110 cm³/mol. The molecular formula is C23H21N3O4. The molecule has 0 saturated heterocycles.